The third kappa shape index (κ3) is 3.31. The minimum absolute atomic E-state index is 0.114. The van der Waals surface area contributed by atoms with Crippen LogP contribution in [0.4, 0.5) is 0 Å². The third-order valence-corrected chi connectivity index (χ3v) is 8.17. The van der Waals surface area contributed by atoms with E-state index in [0.717, 1.165) is 43.3 Å². The second-order valence-corrected chi connectivity index (χ2v) is 10.0. The zero-order valence-corrected chi connectivity index (χ0v) is 15.9. The van der Waals surface area contributed by atoms with E-state index in [1.807, 2.05) is 0 Å². The van der Waals surface area contributed by atoms with Crippen molar-refractivity contribution in [2.24, 2.45) is 29.6 Å². The van der Waals surface area contributed by atoms with Gasteiger partial charge in [-0.05, 0) is 94.0 Å². The number of piperidine rings is 1. The molecule has 0 unspecified atom stereocenters. The highest BCUT2D eigenvalue weighted by Crippen LogP contribution is 2.53. The Hall–Kier alpha value is -0.650. The normalized spacial score (nSPS) is 46.0. The summed E-state index contributed by atoms with van der Waals surface area (Å²) in [5.41, 5.74) is 0. The lowest BCUT2D eigenvalue weighted by molar-refractivity contribution is -0.129. The number of hydrogen-bond donors (Lipinski definition) is 3. The lowest BCUT2D eigenvalue weighted by atomic mass is 9.54. The van der Waals surface area contributed by atoms with Crippen molar-refractivity contribution in [1.29, 1.82) is 0 Å². The summed E-state index contributed by atoms with van der Waals surface area (Å²) in [4.78, 5) is 15.4. The van der Waals surface area contributed by atoms with Crippen molar-refractivity contribution in [3.05, 3.63) is 0 Å². The van der Waals surface area contributed by atoms with Crippen LogP contribution in [0.25, 0.3) is 0 Å². The van der Waals surface area contributed by atoms with Crippen LogP contribution in [0, 0.1) is 29.6 Å². The number of aliphatic hydroxyl groups is 1. The fourth-order valence-corrected chi connectivity index (χ4v) is 7.17. The Kier molecular flexibility index (Phi) is 4.74. The summed E-state index contributed by atoms with van der Waals surface area (Å²) < 4.78 is 0. The zero-order valence-electron chi connectivity index (χ0n) is 15.9. The first-order chi connectivity index (χ1) is 12.7. The lowest BCUT2D eigenvalue weighted by Gasteiger charge is -2.54. The molecule has 6 aliphatic rings. The third-order valence-electron chi connectivity index (χ3n) is 8.17. The molecule has 5 nitrogen and oxygen atoms in total. The van der Waals surface area contributed by atoms with Crippen molar-refractivity contribution in [2.75, 3.05) is 26.2 Å². The smallest absolute Gasteiger partial charge is 0.237 e. The van der Waals surface area contributed by atoms with Crippen LogP contribution >= 0.6 is 0 Å². The molecular formula is C21H35N3O2. The molecule has 3 N–H and O–H groups in total. The van der Waals surface area contributed by atoms with Crippen LogP contribution in [0.15, 0.2) is 0 Å². The maximum Gasteiger partial charge on any atom is 0.237 e. The standard InChI is InChI=1S/C21H35N3O2/c25-18-10-19(24(12-18)11-13-1-3-22-4-2-13)21(26)23-20-16-6-14-5-15(8-16)9-17(20)7-14/h13-20,22,25H,1-12H2,(H,23,26)/t14?,15?,16?,17?,18-,19-,20?/m1/s1. The molecule has 6 rings (SSSR count). The SMILES string of the molecule is O=C(NC1C2CC3CC(C2)CC1C3)[C@H]1C[C@@H](O)CN1CC1CCNCC1. The molecule has 6 fully saturated rings. The maximum atomic E-state index is 13.2. The molecule has 146 valence electrons. The Bertz CT molecular complexity index is 505. The highest BCUT2D eigenvalue weighted by atomic mass is 16.3. The fourth-order valence-electron chi connectivity index (χ4n) is 7.17. The van der Waals surface area contributed by atoms with Crippen molar-refractivity contribution in [2.45, 2.75) is 69.6 Å². The van der Waals surface area contributed by atoms with Gasteiger partial charge >= 0.3 is 0 Å². The van der Waals surface area contributed by atoms with E-state index in [0.29, 0.717) is 24.9 Å². The summed E-state index contributed by atoms with van der Waals surface area (Å²) in [6, 6.07) is 0.297. The number of hydrogen-bond acceptors (Lipinski definition) is 4. The van der Waals surface area contributed by atoms with E-state index in [1.54, 1.807) is 0 Å². The van der Waals surface area contributed by atoms with Crippen molar-refractivity contribution in [3.8, 4) is 0 Å². The number of carbonyl (C=O) groups excluding carboxylic acids is 1. The fraction of sp³-hybridized carbons (Fsp3) is 0.952. The van der Waals surface area contributed by atoms with E-state index in [1.165, 1.54) is 44.9 Å². The van der Waals surface area contributed by atoms with E-state index < -0.39 is 0 Å². The van der Waals surface area contributed by atoms with Crippen molar-refractivity contribution in [1.82, 2.24) is 15.5 Å². The maximum absolute atomic E-state index is 13.2. The topological polar surface area (TPSA) is 64.6 Å². The molecule has 4 aliphatic carbocycles. The van der Waals surface area contributed by atoms with Gasteiger partial charge in [-0.2, -0.15) is 0 Å². The van der Waals surface area contributed by atoms with Crippen LogP contribution in [0.3, 0.4) is 0 Å². The first-order valence-electron chi connectivity index (χ1n) is 11.1. The highest BCUT2D eigenvalue weighted by molar-refractivity contribution is 5.82. The van der Waals surface area contributed by atoms with Gasteiger partial charge in [-0.25, -0.2) is 0 Å². The van der Waals surface area contributed by atoms with Crippen LogP contribution in [-0.2, 0) is 4.79 Å². The quantitative estimate of drug-likeness (QED) is 0.708. The van der Waals surface area contributed by atoms with Crippen molar-refractivity contribution >= 4 is 5.91 Å². The van der Waals surface area contributed by atoms with Gasteiger partial charge in [0.1, 0.15) is 0 Å². The predicted octanol–water partition coefficient (Wildman–Crippen LogP) is 1.36. The first-order valence-corrected chi connectivity index (χ1v) is 11.1. The first kappa shape index (κ1) is 17.4. The molecular weight excluding hydrogens is 326 g/mol. The molecule has 2 heterocycles. The average molecular weight is 362 g/mol. The Balaban J connectivity index is 1.22. The van der Waals surface area contributed by atoms with Crippen molar-refractivity contribution < 1.29 is 9.90 Å². The van der Waals surface area contributed by atoms with Crippen LogP contribution in [0.1, 0.15) is 51.4 Å². The second-order valence-electron chi connectivity index (χ2n) is 10.0. The van der Waals surface area contributed by atoms with Gasteiger partial charge in [-0.3, -0.25) is 9.69 Å². The molecule has 0 radical (unpaired) electrons. The van der Waals surface area contributed by atoms with Gasteiger partial charge in [0.25, 0.3) is 0 Å². The number of β-amino-alcohol motifs (C(OH)–C–C–N with tert-alkyl or cyclic N) is 1. The number of amides is 1. The van der Waals surface area contributed by atoms with E-state index in [2.05, 4.69) is 15.5 Å². The molecule has 4 saturated carbocycles. The average Bonchev–Trinajstić information content (AvgIpc) is 2.98. The van der Waals surface area contributed by atoms with Crippen molar-refractivity contribution in [3.63, 3.8) is 0 Å². The summed E-state index contributed by atoms with van der Waals surface area (Å²) >= 11 is 0. The van der Waals surface area contributed by atoms with Gasteiger partial charge in [0.2, 0.25) is 5.91 Å². The highest BCUT2D eigenvalue weighted by Gasteiger charge is 2.49. The number of likely N-dealkylation sites (tertiary alicyclic amines) is 1. The Labute approximate surface area is 157 Å². The van der Waals surface area contributed by atoms with Crippen LogP contribution in [-0.4, -0.2) is 60.3 Å². The van der Waals surface area contributed by atoms with Gasteiger partial charge in [-0.1, -0.05) is 0 Å². The Morgan fingerprint density at radius 2 is 1.65 bits per heavy atom. The summed E-state index contributed by atoms with van der Waals surface area (Å²) in [6.45, 7) is 3.82. The molecule has 0 aromatic heterocycles. The monoisotopic (exact) mass is 361 g/mol. The molecule has 0 aromatic rings. The number of nitrogens with zero attached hydrogens (tertiary/aromatic N) is 1. The summed E-state index contributed by atoms with van der Waals surface area (Å²) in [5, 5.41) is 17.1. The molecule has 0 spiro atoms. The second kappa shape index (κ2) is 7.06. The van der Waals surface area contributed by atoms with E-state index in [-0.39, 0.29) is 18.1 Å². The summed E-state index contributed by atoms with van der Waals surface area (Å²) in [7, 11) is 0. The predicted molar refractivity (Wildman–Crippen MR) is 101 cm³/mol. The number of carbonyl (C=O) groups is 1. The number of rotatable bonds is 4. The molecule has 5 heteroatoms. The Morgan fingerprint density at radius 1 is 1.00 bits per heavy atom. The number of aliphatic hydroxyl groups excluding tert-OH is 1. The van der Waals surface area contributed by atoms with E-state index in [9.17, 15) is 9.90 Å². The van der Waals surface area contributed by atoms with Crippen LogP contribution < -0.4 is 10.6 Å². The largest absolute Gasteiger partial charge is 0.392 e. The minimum Gasteiger partial charge on any atom is -0.392 e. The molecule has 2 atom stereocenters. The number of nitrogens with one attached hydrogen (secondary N) is 2. The molecule has 2 aliphatic heterocycles. The van der Waals surface area contributed by atoms with Gasteiger partial charge in [0.15, 0.2) is 0 Å². The van der Waals surface area contributed by atoms with E-state index >= 15 is 0 Å². The Morgan fingerprint density at radius 3 is 2.31 bits per heavy atom. The van der Waals surface area contributed by atoms with Gasteiger partial charge in [0, 0.05) is 19.1 Å². The summed E-state index contributed by atoms with van der Waals surface area (Å²) in [6.07, 6.45) is 9.46. The molecule has 26 heavy (non-hydrogen) atoms. The molecule has 0 aromatic carbocycles. The van der Waals surface area contributed by atoms with Crippen LogP contribution in [0.2, 0.25) is 0 Å². The van der Waals surface area contributed by atoms with Gasteiger partial charge in [-0.15, -0.1) is 0 Å². The lowest BCUT2D eigenvalue weighted by Crippen LogP contribution is -2.58. The molecule has 2 saturated heterocycles. The molecule has 1 amide bonds. The van der Waals surface area contributed by atoms with Gasteiger partial charge in [0.05, 0.1) is 12.1 Å². The van der Waals surface area contributed by atoms with E-state index in [4.69, 9.17) is 0 Å². The summed E-state index contributed by atoms with van der Waals surface area (Å²) in [5.74, 6) is 4.19. The zero-order chi connectivity index (χ0) is 17.7. The van der Waals surface area contributed by atoms with Gasteiger partial charge < -0.3 is 15.7 Å². The molecule has 4 bridgehead atoms. The minimum atomic E-state index is -0.342. The van der Waals surface area contributed by atoms with Crippen LogP contribution in [0.5, 0.6) is 0 Å².